The first-order valence-electron chi connectivity index (χ1n) is 5.11. The average molecular weight is 261 g/mol. The minimum atomic E-state index is -0.584. The number of rotatable bonds is 3. The summed E-state index contributed by atoms with van der Waals surface area (Å²) in [7, 11) is 0. The number of thiazole rings is 1. The Bertz CT molecular complexity index is 712. The SMILES string of the molecule is C#CCNC(=O)/C(C#N)=c1\sc(=C)c(=O)n1CC. The predicted octanol–water partition coefficient (Wildman–Crippen LogP) is -1.24. The summed E-state index contributed by atoms with van der Waals surface area (Å²) in [4.78, 5) is 23.4. The van der Waals surface area contributed by atoms with Gasteiger partial charge >= 0.3 is 0 Å². The van der Waals surface area contributed by atoms with Crippen LogP contribution >= 0.6 is 11.3 Å². The van der Waals surface area contributed by atoms with Crippen LogP contribution in [0.4, 0.5) is 0 Å². The molecule has 0 bridgehead atoms. The van der Waals surface area contributed by atoms with Gasteiger partial charge in [0.25, 0.3) is 11.5 Å². The van der Waals surface area contributed by atoms with Crippen LogP contribution in [0.3, 0.4) is 0 Å². The van der Waals surface area contributed by atoms with Gasteiger partial charge in [-0.1, -0.05) is 12.5 Å². The maximum atomic E-state index is 11.7. The predicted molar refractivity (Wildman–Crippen MR) is 69.9 cm³/mol. The van der Waals surface area contributed by atoms with Crippen LogP contribution in [0.1, 0.15) is 6.92 Å². The van der Waals surface area contributed by atoms with Crippen LogP contribution in [0.25, 0.3) is 12.2 Å². The third kappa shape index (κ3) is 2.50. The molecule has 1 amide bonds. The smallest absolute Gasteiger partial charge is 0.268 e. The molecule has 0 fully saturated rings. The Labute approximate surface area is 108 Å². The van der Waals surface area contributed by atoms with E-state index in [0.29, 0.717) is 15.7 Å². The summed E-state index contributed by atoms with van der Waals surface area (Å²) >= 11 is 1.03. The zero-order chi connectivity index (χ0) is 13.7. The summed E-state index contributed by atoms with van der Waals surface area (Å²) in [5.74, 6) is 1.66. The standard InChI is InChI=1S/C12H11N3O2S/c1-4-6-14-10(16)9(7-13)12-15(5-2)11(17)8(3)18-12/h1H,3,5-6H2,2H3,(H,14,16)/b12-9-. The number of aromatic nitrogens is 1. The normalized spacial score (nSPS) is 11.3. The topological polar surface area (TPSA) is 74.9 Å². The maximum absolute atomic E-state index is 11.7. The molecule has 0 aliphatic rings. The first-order valence-corrected chi connectivity index (χ1v) is 5.93. The van der Waals surface area contributed by atoms with Gasteiger partial charge in [0.05, 0.1) is 11.1 Å². The summed E-state index contributed by atoms with van der Waals surface area (Å²) < 4.78 is 1.95. The molecule has 0 saturated heterocycles. The number of nitrogens with one attached hydrogen (secondary N) is 1. The number of carbonyl (C=O) groups excluding carboxylic acids is 1. The van der Waals surface area contributed by atoms with Gasteiger partial charge in [-0.3, -0.25) is 14.2 Å². The molecule has 1 aromatic heterocycles. The third-order valence-corrected chi connectivity index (χ3v) is 3.21. The Morgan fingerprint density at radius 3 is 2.83 bits per heavy atom. The van der Waals surface area contributed by atoms with E-state index in [1.54, 1.807) is 13.0 Å². The lowest BCUT2D eigenvalue weighted by atomic mass is 10.3. The molecule has 1 aromatic rings. The molecule has 0 aliphatic carbocycles. The summed E-state index contributed by atoms with van der Waals surface area (Å²) in [6.45, 7) is 5.74. The molecule has 0 radical (unpaired) electrons. The van der Waals surface area contributed by atoms with E-state index in [1.807, 2.05) is 0 Å². The third-order valence-electron chi connectivity index (χ3n) is 2.17. The second-order valence-electron chi connectivity index (χ2n) is 3.25. The Hall–Kier alpha value is -2.31. The van der Waals surface area contributed by atoms with E-state index in [9.17, 15) is 9.59 Å². The lowest BCUT2D eigenvalue weighted by Gasteiger charge is -2.00. The van der Waals surface area contributed by atoms with Gasteiger partial charge in [-0.2, -0.15) is 5.26 Å². The molecule has 5 nitrogen and oxygen atoms in total. The zero-order valence-corrected chi connectivity index (χ0v) is 10.6. The van der Waals surface area contributed by atoms with Crippen molar-refractivity contribution in [3.05, 3.63) is 19.5 Å². The molecule has 1 heterocycles. The van der Waals surface area contributed by atoms with Crippen LogP contribution < -0.4 is 20.1 Å². The van der Waals surface area contributed by atoms with Gasteiger partial charge in [-0.15, -0.1) is 17.8 Å². The van der Waals surface area contributed by atoms with Gasteiger partial charge in [-0.25, -0.2) is 0 Å². The lowest BCUT2D eigenvalue weighted by molar-refractivity contribution is -0.115. The van der Waals surface area contributed by atoms with E-state index in [2.05, 4.69) is 17.8 Å². The monoisotopic (exact) mass is 261 g/mol. The Balaban J connectivity index is 3.52. The molecular weight excluding hydrogens is 250 g/mol. The van der Waals surface area contributed by atoms with Crippen molar-refractivity contribution in [2.24, 2.45) is 0 Å². The highest BCUT2D eigenvalue weighted by atomic mass is 32.1. The Kier molecular flexibility index (Phi) is 4.47. The van der Waals surface area contributed by atoms with Crippen LogP contribution in [0, 0.1) is 23.7 Å². The molecule has 92 valence electrons. The van der Waals surface area contributed by atoms with Crippen LogP contribution in [0.2, 0.25) is 0 Å². The van der Waals surface area contributed by atoms with E-state index < -0.39 is 5.91 Å². The zero-order valence-electron chi connectivity index (χ0n) is 9.82. The largest absolute Gasteiger partial charge is 0.340 e. The molecular formula is C12H11N3O2S. The molecule has 0 saturated carbocycles. The quantitative estimate of drug-likeness (QED) is 0.692. The van der Waals surface area contributed by atoms with Crippen LogP contribution in [0.15, 0.2) is 4.79 Å². The van der Waals surface area contributed by atoms with Gasteiger partial charge < -0.3 is 5.32 Å². The van der Waals surface area contributed by atoms with Gasteiger partial charge in [-0.05, 0) is 6.92 Å². The Morgan fingerprint density at radius 1 is 1.67 bits per heavy atom. The van der Waals surface area contributed by atoms with Gasteiger partial charge in [0, 0.05) is 6.54 Å². The molecule has 0 spiro atoms. The highest BCUT2D eigenvalue weighted by Gasteiger charge is 2.13. The van der Waals surface area contributed by atoms with Gasteiger partial charge in [0.15, 0.2) is 5.57 Å². The number of amides is 1. The molecule has 1 rings (SSSR count). The number of hydrogen-bond donors (Lipinski definition) is 1. The van der Waals surface area contributed by atoms with Crippen molar-refractivity contribution < 1.29 is 4.79 Å². The summed E-state index contributed by atoms with van der Waals surface area (Å²) in [5, 5.41) is 11.4. The van der Waals surface area contributed by atoms with Crippen molar-refractivity contribution in [3.8, 4) is 18.4 Å². The molecule has 18 heavy (non-hydrogen) atoms. The van der Waals surface area contributed by atoms with E-state index in [1.165, 1.54) is 4.57 Å². The lowest BCUT2D eigenvalue weighted by Crippen LogP contribution is -2.34. The van der Waals surface area contributed by atoms with Crippen molar-refractivity contribution >= 4 is 29.4 Å². The molecule has 0 aromatic carbocycles. The van der Waals surface area contributed by atoms with Crippen molar-refractivity contribution in [2.45, 2.75) is 13.5 Å². The number of carbonyl (C=O) groups is 1. The minimum Gasteiger partial charge on any atom is -0.340 e. The molecule has 6 heteroatoms. The number of hydrogen-bond acceptors (Lipinski definition) is 4. The van der Waals surface area contributed by atoms with Crippen molar-refractivity contribution in [1.82, 2.24) is 9.88 Å². The fraction of sp³-hybridized carbons (Fsp3) is 0.250. The van der Waals surface area contributed by atoms with Crippen LogP contribution in [-0.4, -0.2) is 17.0 Å². The van der Waals surface area contributed by atoms with E-state index in [-0.39, 0.29) is 17.7 Å². The second kappa shape index (κ2) is 5.85. The van der Waals surface area contributed by atoms with Crippen molar-refractivity contribution in [1.29, 1.82) is 5.26 Å². The van der Waals surface area contributed by atoms with Crippen molar-refractivity contribution in [2.75, 3.05) is 6.54 Å². The number of nitrogens with zero attached hydrogens (tertiary/aromatic N) is 2. The maximum Gasteiger partial charge on any atom is 0.268 e. The molecule has 1 N–H and O–H groups in total. The summed E-state index contributed by atoms with van der Waals surface area (Å²) in [5.41, 5.74) is -0.404. The van der Waals surface area contributed by atoms with Crippen LogP contribution in [0.5, 0.6) is 0 Å². The van der Waals surface area contributed by atoms with Gasteiger partial charge in [0.2, 0.25) is 0 Å². The molecule has 0 aliphatic heterocycles. The molecule has 0 unspecified atom stereocenters. The second-order valence-corrected chi connectivity index (χ2v) is 4.34. The Morgan fingerprint density at radius 2 is 2.33 bits per heavy atom. The first-order chi connectivity index (χ1) is 8.56. The highest BCUT2D eigenvalue weighted by molar-refractivity contribution is 7.07. The van der Waals surface area contributed by atoms with Gasteiger partial charge in [0.1, 0.15) is 10.7 Å². The minimum absolute atomic E-state index is 0.0307. The summed E-state index contributed by atoms with van der Waals surface area (Å²) in [6, 6.07) is 1.80. The fourth-order valence-corrected chi connectivity index (χ4v) is 2.34. The summed E-state index contributed by atoms with van der Waals surface area (Å²) in [6.07, 6.45) is 5.02. The number of nitriles is 1. The van der Waals surface area contributed by atoms with Crippen LogP contribution in [-0.2, 0) is 11.3 Å². The van der Waals surface area contributed by atoms with E-state index >= 15 is 0 Å². The highest BCUT2D eigenvalue weighted by Crippen LogP contribution is 1.92. The van der Waals surface area contributed by atoms with E-state index in [0.717, 1.165) is 11.3 Å². The average Bonchev–Trinajstić information content (AvgIpc) is 2.63. The van der Waals surface area contributed by atoms with E-state index in [4.69, 9.17) is 11.7 Å². The fourth-order valence-electron chi connectivity index (χ4n) is 1.35. The van der Waals surface area contributed by atoms with Crippen molar-refractivity contribution in [3.63, 3.8) is 0 Å². The first kappa shape index (κ1) is 13.8. The number of terminal acetylenes is 1. The molecule has 0 atom stereocenters.